The van der Waals surface area contributed by atoms with E-state index in [1.54, 1.807) is 6.92 Å². The molecular formula is C14H21N3O6S. The number of amides is 1. The van der Waals surface area contributed by atoms with Crippen molar-refractivity contribution in [3.8, 4) is 0 Å². The summed E-state index contributed by atoms with van der Waals surface area (Å²) in [6, 6.07) is 0. The summed E-state index contributed by atoms with van der Waals surface area (Å²) in [5.74, 6) is 0.0343. The summed E-state index contributed by atoms with van der Waals surface area (Å²) in [4.78, 5) is 36.2. The fraction of sp³-hybridized carbons (Fsp3) is 0.643. The molecule has 1 aliphatic heterocycles. The van der Waals surface area contributed by atoms with Crippen LogP contribution >= 0.6 is 12.6 Å². The molecule has 1 unspecified atom stereocenters. The third kappa shape index (κ3) is 3.89. The molecule has 134 valence electrons. The van der Waals surface area contributed by atoms with Crippen LogP contribution in [0.2, 0.25) is 0 Å². The summed E-state index contributed by atoms with van der Waals surface area (Å²) in [6.45, 7) is 0.911. The summed E-state index contributed by atoms with van der Waals surface area (Å²) >= 11 is 3.94. The molecule has 1 aromatic rings. The van der Waals surface area contributed by atoms with E-state index in [1.807, 2.05) is 0 Å². The molecule has 2 heterocycles. The maximum Gasteiger partial charge on any atom is 0.334 e. The molecule has 3 atom stereocenters. The maximum absolute atomic E-state index is 12.5. The van der Waals surface area contributed by atoms with Crippen molar-refractivity contribution in [1.82, 2.24) is 14.5 Å². The number of carbonyl (C=O) groups is 1. The van der Waals surface area contributed by atoms with Crippen LogP contribution in [0.15, 0.2) is 15.8 Å². The molecule has 1 aromatic heterocycles. The first-order valence-electron chi connectivity index (χ1n) is 7.53. The third-order valence-electron chi connectivity index (χ3n) is 3.83. The van der Waals surface area contributed by atoms with Crippen LogP contribution < -0.4 is 16.6 Å². The van der Waals surface area contributed by atoms with Gasteiger partial charge in [0.1, 0.15) is 19.0 Å². The number of nitrogens with zero attached hydrogens (tertiary/aromatic N) is 2. The fourth-order valence-corrected chi connectivity index (χ4v) is 2.71. The average molecular weight is 359 g/mol. The lowest BCUT2D eigenvalue weighted by Gasteiger charge is -2.17. The van der Waals surface area contributed by atoms with Gasteiger partial charge in [-0.05, 0) is 12.7 Å². The monoisotopic (exact) mass is 359 g/mol. The van der Waals surface area contributed by atoms with Crippen molar-refractivity contribution in [2.45, 2.75) is 44.9 Å². The zero-order valence-corrected chi connectivity index (χ0v) is 14.1. The molecule has 0 aliphatic carbocycles. The van der Waals surface area contributed by atoms with E-state index in [2.05, 4.69) is 17.9 Å². The number of rotatable bonds is 6. The van der Waals surface area contributed by atoms with Crippen LogP contribution in [0.1, 0.15) is 24.6 Å². The molecule has 1 amide bonds. The minimum absolute atomic E-state index is 0.120. The molecule has 9 nitrogen and oxygen atoms in total. The number of hydrogen-bond acceptors (Lipinski definition) is 7. The maximum atomic E-state index is 12.5. The quantitative estimate of drug-likeness (QED) is 0.452. The molecule has 2 rings (SSSR count). The van der Waals surface area contributed by atoms with Crippen LogP contribution in [0.25, 0.3) is 0 Å². The van der Waals surface area contributed by atoms with Crippen LogP contribution in [-0.2, 0) is 16.2 Å². The Labute approximate surface area is 143 Å². The van der Waals surface area contributed by atoms with Crippen LogP contribution in [0.4, 0.5) is 0 Å². The van der Waals surface area contributed by atoms with Gasteiger partial charge in [-0.2, -0.15) is 12.6 Å². The largest absolute Gasteiger partial charge is 0.394 e. The normalized spacial score (nSPS) is 23.4. The highest BCUT2D eigenvalue weighted by Crippen LogP contribution is 2.27. The third-order valence-corrected chi connectivity index (χ3v) is 4.06. The van der Waals surface area contributed by atoms with E-state index >= 15 is 0 Å². The molecule has 1 saturated heterocycles. The summed E-state index contributed by atoms with van der Waals surface area (Å²) in [7, 11) is 0. The van der Waals surface area contributed by atoms with E-state index in [1.165, 1.54) is 10.8 Å². The van der Waals surface area contributed by atoms with Gasteiger partial charge < -0.3 is 20.3 Å². The highest BCUT2D eigenvalue weighted by molar-refractivity contribution is 7.80. The van der Waals surface area contributed by atoms with Crippen LogP contribution in [0, 0.1) is 6.92 Å². The number of carbonyl (C=O) groups excluding carboxylic acids is 1. The Hall–Kier alpha value is -1.62. The van der Waals surface area contributed by atoms with Crippen molar-refractivity contribution in [3.05, 3.63) is 32.6 Å². The van der Waals surface area contributed by atoms with Gasteiger partial charge in [0.15, 0.2) is 0 Å². The van der Waals surface area contributed by atoms with Crippen molar-refractivity contribution >= 4 is 18.5 Å². The first-order valence-corrected chi connectivity index (χ1v) is 8.16. The Bertz CT molecular complexity index is 715. The lowest BCUT2D eigenvalue weighted by molar-refractivity contribution is -0.121. The number of aromatic nitrogens is 2. The fourth-order valence-electron chi connectivity index (χ4n) is 2.51. The molecule has 1 fully saturated rings. The standard InChI is InChI=1S/C14H21N3O6S/c1-8-5-16(12-4-9(19)10(6-18)23-12)14(22)17(13(8)21)7-15-11(20)2-3-24/h5,9-10,12,18-19,24H,2-4,6-7H2,1H3,(H,15,20)/t9?,10-,12-/m1/s1. The average Bonchev–Trinajstić information content (AvgIpc) is 2.92. The smallest absolute Gasteiger partial charge is 0.334 e. The van der Waals surface area contributed by atoms with Crippen molar-refractivity contribution in [1.29, 1.82) is 0 Å². The van der Waals surface area contributed by atoms with Gasteiger partial charge in [0, 0.05) is 24.6 Å². The molecule has 0 radical (unpaired) electrons. The second kappa shape index (κ2) is 7.97. The van der Waals surface area contributed by atoms with Crippen molar-refractivity contribution in [2.24, 2.45) is 0 Å². The van der Waals surface area contributed by atoms with Gasteiger partial charge in [-0.3, -0.25) is 14.2 Å². The number of ether oxygens (including phenoxy) is 1. The minimum atomic E-state index is -0.900. The lowest BCUT2D eigenvalue weighted by atomic mass is 10.2. The molecule has 24 heavy (non-hydrogen) atoms. The molecule has 0 spiro atoms. The Morgan fingerprint density at radius 1 is 1.50 bits per heavy atom. The van der Waals surface area contributed by atoms with Gasteiger partial charge in [-0.15, -0.1) is 0 Å². The summed E-state index contributed by atoms with van der Waals surface area (Å²) < 4.78 is 7.55. The SMILES string of the molecule is Cc1cn([C@H]2CC(O)[C@@H](CO)O2)c(=O)n(CNC(=O)CCS)c1=O. The summed E-state index contributed by atoms with van der Waals surface area (Å²) in [5.41, 5.74) is -0.879. The van der Waals surface area contributed by atoms with Crippen LogP contribution in [0.5, 0.6) is 0 Å². The van der Waals surface area contributed by atoms with E-state index in [4.69, 9.17) is 9.84 Å². The molecular weight excluding hydrogens is 338 g/mol. The van der Waals surface area contributed by atoms with E-state index in [9.17, 15) is 19.5 Å². The number of nitrogens with one attached hydrogen (secondary N) is 1. The number of thiol groups is 1. The number of aryl methyl sites for hydroxylation is 1. The van der Waals surface area contributed by atoms with Gasteiger partial charge >= 0.3 is 5.69 Å². The zero-order valence-electron chi connectivity index (χ0n) is 13.2. The highest BCUT2D eigenvalue weighted by atomic mass is 32.1. The van der Waals surface area contributed by atoms with Crippen molar-refractivity contribution < 1.29 is 19.7 Å². The van der Waals surface area contributed by atoms with Crippen LogP contribution in [0.3, 0.4) is 0 Å². The molecule has 1 aliphatic rings. The second-order valence-corrected chi connectivity index (χ2v) is 6.03. The molecule has 3 N–H and O–H groups in total. The van der Waals surface area contributed by atoms with Gasteiger partial charge in [0.25, 0.3) is 5.56 Å². The van der Waals surface area contributed by atoms with Crippen LogP contribution in [-0.4, -0.2) is 49.8 Å². The van der Waals surface area contributed by atoms with E-state index in [-0.39, 0.29) is 32.0 Å². The molecule has 0 saturated carbocycles. The van der Waals surface area contributed by atoms with Gasteiger partial charge in [-0.1, -0.05) is 0 Å². The summed E-state index contributed by atoms with van der Waals surface area (Å²) in [5, 5.41) is 21.4. The first-order chi connectivity index (χ1) is 11.4. The van der Waals surface area contributed by atoms with E-state index < -0.39 is 29.7 Å². The number of aliphatic hydroxyl groups excluding tert-OH is 2. The molecule has 0 bridgehead atoms. The van der Waals surface area contributed by atoms with Gasteiger partial charge in [0.2, 0.25) is 5.91 Å². The van der Waals surface area contributed by atoms with Crippen molar-refractivity contribution in [2.75, 3.05) is 12.4 Å². The zero-order chi connectivity index (χ0) is 17.9. The Morgan fingerprint density at radius 3 is 2.79 bits per heavy atom. The van der Waals surface area contributed by atoms with E-state index in [0.717, 1.165) is 4.57 Å². The van der Waals surface area contributed by atoms with Crippen molar-refractivity contribution in [3.63, 3.8) is 0 Å². The highest BCUT2D eigenvalue weighted by Gasteiger charge is 2.35. The first kappa shape index (κ1) is 18.7. The molecule has 0 aromatic carbocycles. The number of hydrogen-bond donors (Lipinski definition) is 4. The van der Waals surface area contributed by atoms with Gasteiger partial charge in [-0.25, -0.2) is 9.36 Å². The lowest BCUT2D eigenvalue weighted by Crippen LogP contribution is -2.45. The number of aliphatic hydroxyl groups is 2. The van der Waals surface area contributed by atoms with E-state index in [0.29, 0.717) is 11.3 Å². The molecule has 10 heteroatoms. The Kier molecular flexibility index (Phi) is 6.21. The van der Waals surface area contributed by atoms with Gasteiger partial charge in [0.05, 0.1) is 12.7 Å². The topological polar surface area (TPSA) is 123 Å². The Morgan fingerprint density at radius 2 is 2.21 bits per heavy atom. The Balaban J connectivity index is 2.30. The second-order valence-electron chi connectivity index (χ2n) is 5.58. The summed E-state index contributed by atoms with van der Waals surface area (Å²) in [6.07, 6.45) is -0.819. The minimum Gasteiger partial charge on any atom is -0.394 e. The predicted molar refractivity (Wildman–Crippen MR) is 87.9 cm³/mol. The predicted octanol–water partition coefficient (Wildman–Crippen LogP) is -1.65.